The molecule has 1 saturated heterocycles. The summed E-state index contributed by atoms with van der Waals surface area (Å²) in [5, 5.41) is 10.4. The van der Waals surface area contributed by atoms with Gasteiger partial charge in [0.15, 0.2) is 0 Å². The smallest absolute Gasteiger partial charge is 0.226 e. The Morgan fingerprint density at radius 3 is 2.43 bits per heavy atom. The van der Waals surface area contributed by atoms with Gasteiger partial charge in [0.2, 0.25) is 5.91 Å². The van der Waals surface area contributed by atoms with Crippen molar-refractivity contribution in [2.75, 3.05) is 33.2 Å². The molecule has 0 aliphatic carbocycles. The van der Waals surface area contributed by atoms with Crippen molar-refractivity contribution in [1.82, 2.24) is 9.80 Å². The van der Waals surface area contributed by atoms with Crippen LogP contribution in [0.2, 0.25) is 0 Å². The number of β-amino-alcohol motifs (C(OH)–C–C–N with tert-alkyl or cyclic N) is 1. The van der Waals surface area contributed by atoms with Gasteiger partial charge in [-0.3, -0.25) is 4.79 Å². The van der Waals surface area contributed by atoms with Gasteiger partial charge in [-0.2, -0.15) is 0 Å². The molecule has 1 atom stereocenters. The fraction of sp³-hybridized carbons (Fsp3) is 0.435. The van der Waals surface area contributed by atoms with Crippen molar-refractivity contribution in [3.05, 3.63) is 70.2 Å². The van der Waals surface area contributed by atoms with E-state index in [1.165, 1.54) is 0 Å². The van der Waals surface area contributed by atoms with Gasteiger partial charge in [0, 0.05) is 24.6 Å². The number of benzene rings is 2. The summed E-state index contributed by atoms with van der Waals surface area (Å²) in [6.45, 7) is 3.44. The van der Waals surface area contributed by atoms with Gasteiger partial charge >= 0.3 is 0 Å². The van der Waals surface area contributed by atoms with Crippen LogP contribution in [0.1, 0.15) is 30.1 Å². The molecule has 3 rings (SSSR count). The maximum Gasteiger partial charge on any atom is 0.226 e. The molecule has 0 spiro atoms. The number of halogens is 1. The van der Waals surface area contributed by atoms with Gasteiger partial charge in [-0.05, 0) is 55.1 Å². The van der Waals surface area contributed by atoms with E-state index in [0.29, 0.717) is 18.9 Å². The van der Waals surface area contributed by atoms with Crippen LogP contribution in [0.15, 0.2) is 59.1 Å². The maximum absolute atomic E-state index is 12.5. The van der Waals surface area contributed by atoms with Crippen LogP contribution in [0.3, 0.4) is 0 Å². The third kappa shape index (κ3) is 6.16. The fourth-order valence-electron chi connectivity index (χ4n) is 3.78. The third-order valence-corrected chi connectivity index (χ3v) is 6.08. The molecule has 2 aromatic carbocycles. The first-order valence-electron chi connectivity index (χ1n) is 9.95. The minimum Gasteiger partial charge on any atom is -0.387 e. The van der Waals surface area contributed by atoms with E-state index in [2.05, 4.69) is 20.8 Å². The van der Waals surface area contributed by atoms with E-state index in [0.717, 1.165) is 48.1 Å². The second-order valence-electron chi connectivity index (χ2n) is 7.75. The number of amides is 1. The summed E-state index contributed by atoms with van der Waals surface area (Å²) in [5.41, 5.74) is 2.02. The number of carbonyl (C=O) groups is 1. The molecular weight excluding hydrogens is 416 g/mol. The van der Waals surface area contributed by atoms with Crippen LogP contribution < -0.4 is 0 Å². The van der Waals surface area contributed by atoms with Crippen LogP contribution in [-0.2, 0) is 11.2 Å². The van der Waals surface area contributed by atoms with Crippen LogP contribution in [0.25, 0.3) is 0 Å². The number of nitrogens with zero attached hydrogens (tertiary/aromatic N) is 2. The van der Waals surface area contributed by atoms with Crippen LogP contribution in [0.4, 0.5) is 0 Å². The predicted molar refractivity (Wildman–Crippen MR) is 116 cm³/mol. The number of hydrogen-bond donors (Lipinski definition) is 1. The Labute approximate surface area is 176 Å². The first kappa shape index (κ1) is 21.0. The normalized spacial score (nSPS) is 16.7. The summed E-state index contributed by atoms with van der Waals surface area (Å²) in [4.78, 5) is 16.7. The quantitative estimate of drug-likeness (QED) is 0.703. The van der Waals surface area contributed by atoms with Crippen molar-refractivity contribution in [3.63, 3.8) is 0 Å². The highest BCUT2D eigenvalue weighted by atomic mass is 79.9. The van der Waals surface area contributed by atoms with Crippen LogP contribution in [-0.4, -0.2) is 54.0 Å². The molecule has 2 aromatic rings. The molecule has 1 fully saturated rings. The van der Waals surface area contributed by atoms with E-state index in [1.807, 2.05) is 66.5 Å². The van der Waals surface area contributed by atoms with Gasteiger partial charge in [0.05, 0.1) is 12.5 Å². The topological polar surface area (TPSA) is 43.8 Å². The molecule has 1 amide bonds. The average molecular weight is 445 g/mol. The second-order valence-corrected chi connectivity index (χ2v) is 8.66. The summed E-state index contributed by atoms with van der Waals surface area (Å²) in [5.74, 6) is 0.702. The largest absolute Gasteiger partial charge is 0.387 e. The first-order valence-corrected chi connectivity index (χ1v) is 10.7. The number of likely N-dealkylation sites (N-methyl/N-ethyl adjacent to an activating group) is 1. The van der Waals surface area contributed by atoms with Crippen molar-refractivity contribution in [2.45, 2.75) is 25.4 Å². The van der Waals surface area contributed by atoms with Gasteiger partial charge in [-0.1, -0.05) is 58.4 Å². The van der Waals surface area contributed by atoms with Gasteiger partial charge in [-0.15, -0.1) is 0 Å². The van der Waals surface area contributed by atoms with E-state index >= 15 is 0 Å². The molecule has 1 N–H and O–H groups in total. The Kier molecular flexibility index (Phi) is 7.65. The molecule has 1 heterocycles. The zero-order valence-electron chi connectivity index (χ0n) is 16.4. The molecule has 0 bridgehead atoms. The number of aliphatic hydroxyl groups excluding tert-OH is 1. The molecule has 150 valence electrons. The zero-order valence-corrected chi connectivity index (χ0v) is 18.0. The second kappa shape index (κ2) is 10.2. The first-order chi connectivity index (χ1) is 13.5. The zero-order chi connectivity index (χ0) is 19.9. The van der Waals surface area contributed by atoms with E-state index in [9.17, 15) is 9.90 Å². The Morgan fingerprint density at radius 2 is 1.79 bits per heavy atom. The summed E-state index contributed by atoms with van der Waals surface area (Å²) in [7, 11) is 1.91. The Hall–Kier alpha value is -1.69. The molecule has 5 heteroatoms. The van der Waals surface area contributed by atoms with Crippen LogP contribution in [0.5, 0.6) is 0 Å². The number of aliphatic hydroxyl groups is 1. The molecule has 1 unspecified atom stereocenters. The minimum atomic E-state index is -0.437. The van der Waals surface area contributed by atoms with Gasteiger partial charge < -0.3 is 14.9 Å². The standard InChI is InChI=1S/C23H29BrN2O2/c1-25(23(28)15-18-7-9-21(24)10-8-18)16-19-11-13-26(14-12-19)17-22(27)20-5-3-2-4-6-20/h2-10,19,22,27H,11-17H2,1H3. The molecule has 0 aromatic heterocycles. The van der Waals surface area contributed by atoms with Crippen molar-refractivity contribution in [3.8, 4) is 0 Å². The van der Waals surface area contributed by atoms with E-state index in [-0.39, 0.29) is 5.91 Å². The SMILES string of the molecule is CN(CC1CCN(CC(O)c2ccccc2)CC1)C(=O)Cc1ccc(Br)cc1. The summed E-state index contributed by atoms with van der Waals surface area (Å²) < 4.78 is 1.03. The number of rotatable bonds is 7. The van der Waals surface area contributed by atoms with Crippen molar-refractivity contribution in [1.29, 1.82) is 0 Å². The van der Waals surface area contributed by atoms with Gasteiger partial charge in [0.25, 0.3) is 0 Å². The Morgan fingerprint density at radius 1 is 1.14 bits per heavy atom. The molecule has 0 radical (unpaired) electrons. The molecule has 0 saturated carbocycles. The highest BCUT2D eigenvalue weighted by molar-refractivity contribution is 9.10. The number of likely N-dealkylation sites (tertiary alicyclic amines) is 1. The lowest BCUT2D eigenvalue weighted by atomic mass is 9.95. The highest BCUT2D eigenvalue weighted by Gasteiger charge is 2.23. The van der Waals surface area contributed by atoms with Gasteiger partial charge in [-0.25, -0.2) is 0 Å². The van der Waals surface area contributed by atoms with E-state index in [1.54, 1.807) is 0 Å². The van der Waals surface area contributed by atoms with Crippen LogP contribution >= 0.6 is 15.9 Å². The number of hydrogen-bond acceptors (Lipinski definition) is 3. The molecular formula is C23H29BrN2O2. The molecule has 1 aliphatic heterocycles. The number of piperidine rings is 1. The maximum atomic E-state index is 12.5. The predicted octanol–water partition coefficient (Wildman–Crippen LogP) is 3.90. The molecule has 28 heavy (non-hydrogen) atoms. The lowest BCUT2D eigenvalue weighted by molar-refractivity contribution is -0.129. The highest BCUT2D eigenvalue weighted by Crippen LogP contribution is 2.21. The van der Waals surface area contributed by atoms with Gasteiger partial charge in [0.1, 0.15) is 0 Å². The van der Waals surface area contributed by atoms with Crippen LogP contribution in [0, 0.1) is 5.92 Å². The molecule has 1 aliphatic rings. The summed E-state index contributed by atoms with van der Waals surface area (Å²) in [6.07, 6.45) is 2.15. The van der Waals surface area contributed by atoms with Crippen molar-refractivity contribution >= 4 is 21.8 Å². The minimum absolute atomic E-state index is 0.171. The van der Waals surface area contributed by atoms with E-state index < -0.39 is 6.10 Å². The fourth-order valence-corrected chi connectivity index (χ4v) is 4.04. The van der Waals surface area contributed by atoms with E-state index in [4.69, 9.17) is 0 Å². The lowest BCUT2D eigenvalue weighted by Gasteiger charge is -2.35. The summed E-state index contributed by atoms with van der Waals surface area (Å²) >= 11 is 3.42. The van der Waals surface area contributed by atoms with Crippen molar-refractivity contribution in [2.24, 2.45) is 5.92 Å². The number of carbonyl (C=O) groups excluding carboxylic acids is 1. The monoisotopic (exact) mass is 444 g/mol. The summed E-state index contributed by atoms with van der Waals surface area (Å²) in [6, 6.07) is 17.8. The Balaban J connectivity index is 1.41. The molecule has 4 nitrogen and oxygen atoms in total. The third-order valence-electron chi connectivity index (χ3n) is 5.55. The van der Waals surface area contributed by atoms with Crippen molar-refractivity contribution < 1.29 is 9.90 Å². The average Bonchev–Trinajstić information content (AvgIpc) is 2.71. The Bertz CT molecular complexity index is 743. The lowest BCUT2D eigenvalue weighted by Crippen LogP contribution is -2.41.